The van der Waals surface area contributed by atoms with Gasteiger partial charge in [0.15, 0.2) is 8.07 Å². The minimum Gasteiger partial charge on any atom is -0.309 e. The lowest BCUT2D eigenvalue weighted by Crippen LogP contribution is -2.74. The monoisotopic (exact) mass is 983 g/mol. The van der Waals surface area contributed by atoms with Crippen molar-refractivity contribution in [1.82, 2.24) is 13.7 Å². The number of rotatable bonds is 9. The van der Waals surface area contributed by atoms with Crippen molar-refractivity contribution in [2.24, 2.45) is 0 Å². The molecule has 356 valence electrons. The third-order valence-corrected chi connectivity index (χ3v) is 20.7. The molecule has 0 spiro atoms. The molecular formula is C72H49N3Si. The van der Waals surface area contributed by atoms with Crippen LogP contribution in [0.5, 0.6) is 0 Å². The fourth-order valence-corrected chi connectivity index (χ4v) is 17.5. The Morgan fingerprint density at radius 3 is 1.04 bits per heavy atom. The molecule has 4 heteroatoms. The molecule has 0 radical (unpaired) electrons. The van der Waals surface area contributed by atoms with E-state index in [4.69, 9.17) is 0 Å². The lowest BCUT2D eigenvalue weighted by Gasteiger charge is -2.34. The van der Waals surface area contributed by atoms with Gasteiger partial charge in [0.05, 0.1) is 33.1 Å². The summed E-state index contributed by atoms with van der Waals surface area (Å²) in [4.78, 5) is 0. The Kier molecular flexibility index (Phi) is 10.2. The van der Waals surface area contributed by atoms with Crippen LogP contribution in [0.4, 0.5) is 0 Å². The molecule has 0 aliphatic carbocycles. The predicted molar refractivity (Wildman–Crippen MR) is 324 cm³/mol. The van der Waals surface area contributed by atoms with Gasteiger partial charge in [-0.3, -0.25) is 0 Å². The van der Waals surface area contributed by atoms with E-state index in [1.54, 1.807) is 0 Å². The summed E-state index contributed by atoms with van der Waals surface area (Å²) >= 11 is 0. The highest BCUT2D eigenvalue weighted by Gasteiger charge is 2.41. The van der Waals surface area contributed by atoms with Gasteiger partial charge >= 0.3 is 0 Å². The SMILES string of the molecule is c1ccc(-c2ccc3c(c2)c2ccccc2n3-c2cc(-c3cccc([Si](c4ccccc4)(c4ccccc4)c4ccccc4)c3)cc(-n3c4ccccc4c4cc(-n5c6ccccc6c6ccccc65)ccc43)c2)cc1. The second-order valence-corrected chi connectivity index (χ2v) is 23.9. The molecule has 0 unspecified atom stereocenters. The zero-order valence-corrected chi connectivity index (χ0v) is 42.6. The zero-order chi connectivity index (χ0) is 50.2. The van der Waals surface area contributed by atoms with Crippen molar-refractivity contribution < 1.29 is 0 Å². The van der Waals surface area contributed by atoms with E-state index < -0.39 is 8.07 Å². The van der Waals surface area contributed by atoms with E-state index >= 15 is 0 Å². The number of fused-ring (bicyclic) bond motifs is 9. The van der Waals surface area contributed by atoms with Gasteiger partial charge in [-0.15, -0.1) is 0 Å². The van der Waals surface area contributed by atoms with E-state index in [1.165, 1.54) is 91.8 Å². The Morgan fingerprint density at radius 2 is 0.539 bits per heavy atom. The quantitative estimate of drug-likeness (QED) is 0.101. The van der Waals surface area contributed by atoms with Crippen LogP contribution in [0.25, 0.3) is 105 Å². The Morgan fingerprint density at radius 1 is 0.184 bits per heavy atom. The van der Waals surface area contributed by atoms with Crippen molar-refractivity contribution in [3.05, 3.63) is 297 Å². The zero-order valence-electron chi connectivity index (χ0n) is 41.6. The van der Waals surface area contributed by atoms with E-state index in [-0.39, 0.29) is 0 Å². The van der Waals surface area contributed by atoms with Gasteiger partial charge in [-0.2, -0.15) is 0 Å². The fraction of sp³-hybridized carbons (Fsp3) is 0. The number of aromatic nitrogens is 3. The molecule has 15 aromatic rings. The fourth-order valence-electron chi connectivity index (χ4n) is 12.7. The normalized spacial score (nSPS) is 11.9. The van der Waals surface area contributed by atoms with Crippen molar-refractivity contribution >= 4 is 94.2 Å². The van der Waals surface area contributed by atoms with Gasteiger partial charge < -0.3 is 13.7 Å². The van der Waals surface area contributed by atoms with Crippen LogP contribution in [-0.2, 0) is 0 Å². The third kappa shape index (κ3) is 6.81. The largest absolute Gasteiger partial charge is 0.309 e. The average Bonchev–Trinajstić information content (AvgIpc) is 4.23. The summed E-state index contributed by atoms with van der Waals surface area (Å²) < 4.78 is 7.41. The molecule has 3 aromatic heterocycles. The van der Waals surface area contributed by atoms with Crippen molar-refractivity contribution in [2.45, 2.75) is 0 Å². The van der Waals surface area contributed by atoms with Crippen molar-refractivity contribution in [2.75, 3.05) is 0 Å². The molecule has 0 fully saturated rings. The lowest BCUT2D eigenvalue weighted by atomic mass is 10.0. The second-order valence-electron chi connectivity index (χ2n) is 20.0. The molecule has 12 aromatic carbocycles. The van der Waals surface area contributed by atoms with Crippen LogP contribution in [0.2, 0.25) is 0 Å². The first-order valence-electron chi connectivity index (χ1n) is 26.2. The van der Waals surface area contributed by atoms with Crippen LogP contribution in [0, 0.1) is 0 Å². The molecular weight excluding hydrogens is 935 g/mol. The number of hydrogen-bond donors (Lipinski definition) is 0. The Labute approximate surface area is 442 Å². The molecule has 0 amide bonds. The molecule has 0 saturated carbocycles. The Balaban J connectivity index is 1.00. The van der Waals surface area contributed by atoms with Gasteiger partial charge in [-0.1, -0.05) is 224 Å². The minimum absolute atomic E-state index is 1.10. The molecule has 0 atom stereocenters. The minimum atomic E-state index is -2.85. The van der Waals surface area contributed by atoms with E-state index in [1.807, 2.05) is 0 Å². The molecule has 0 saturated heterocycles. The van der Waals surface area contributed by atoms with Crippen LogP contribution >= 0.6 is 0 Å². The van der Waals surface area contributed by atoms with Gasteiger partial charge in [0.25, 0.3) is 0 Å². The molecule has 0 bridgehead atoms. The molecule has 0 aliphatic heterocycles. The van der Waals surface area contributed by atoms with E-state index in [0.717, 1.165) is 33.7 Å². The van der Waals surface area contributed by atoms with Crippen LogP contribution in [0.3, 0.4) is 0 Å². The average molecular weight is 984 g/mol. The molecule has 15 rings (SSSR count). The second kappa shape index (κ2) is 17.7. The van der Waals surface area contributed by atoms with Crippen molar-refractivity contribution in [3.63, 3.8) is 0 Å². The van der Waals surface area contributed by atoms with Crippen LogP contribution in [-0.4, -0.2) is 21.8 Å². The summed E-state index contributed by atoms with van der Waals surface area (Å²) in [6.07, 6.45) is 0. The first kappa shape index (κ1) is 43.8. The molecule has 3 heterocycles. The van der Waals surface area contributed by atoms with Crippen molar-refractivity contribution in [1.29, 1.82) is 0 Å². The molecule has 76 heavy (non-hydrogen) atoms. The summed E-state index contributed by atoms with van der Waals surface area (Å²) in [5, 5.41) is 12.8. The number of hydrogen-bond acceptors (Lipinski definition) is 0. The summed E-state index contributed by atoms with van der Waals surface area (Å²) in [6, 6.07) is 111. The van der Waals surface area contributed by atoms with Gasteiger partial charge in [0.1, 0.15) is 0 Å². The highest BCUT2D eigenvalue weighted by atomic mass is 28.3. The van der Waals surface area contributed by atoms with Gasteiger partial charge in [0.2, 0.25) is 0 Å². The highest BCUT2D eigenvalue weighted by Crippen LogP contribution is 2.41. The Bertz CT molecular complexity index is 4530. The summed E-state index contributed by atoms with van der Waals surface area (Å²) in [5.74, 6) is 0. The molecule has 3 nitrogen and oxygen atoms in total. The van der Waals surface area contributed by atoms with E-state index in [9.17, 15) is 0 Å². The highest BCUT2D eigenvalue weighted by molar-refractivity contribution is 7.19. The topological polar surface area (TPSA) is 14.8 Å². The van der Waals surface area contributed by atoms with E-state index in [2.05, 4.69) is 311 Å². The first-order chi connectivity index (χ1) is 37.7. The smallest absolute Gasteiger partial charge is 0.179 e. The van der Waals surface area contributed by atoms with E-state index in [0.29, 0.717) is 0 Å². The number of nitrogens with zero attached hydrogens (tertiary/aromatic N) is 3. The third-order valence-electron chi connectivity index (χ3n) is 15.9. The lowest BCUT2D eigenvalue weighted by molar-refractivity contribution is 1.13. The van der Waals surface area contributed by atoms with Crippen LogP contribution in [0.15, 0.2) is 297 Å². The summed E-state index contributed by atoms with van der Waals surface area (Å²) in [6.45, 7) is 0. The Hall–Kier alpha value is -9.74. The summed E-state index contributed by atoms with van der Waals surface area (Å²) in [7, 11) is -2.85. The number of benzene rings is 12. The van der Waals surface area contributed by atoms with Crippen LogP contribution < -0.4 is 20.7 Å². The summed E-state index contributed by atoms with van der Waals surface area (Å²) in [5.41, 5.74) is 15.1. The predicted octanol–water partition coefficient (Wildman–Crippen LogP) is 15.7. The van der Waals surface area contributed by atoms with Gasteiger partial charge in [-0.05, 0) is 116 Å². The first-order valence-corrected chi connectivity index (χ1v) is 28.2. The van der Waals surface area contributed by atoms with Gasteiger partial charge in [0, 0.05) is 49.4 Å². The maximum absolute atomic E-state index is 2.85. The maximum Gasteiger partial charge on any atom is 0.179 e. The molecule has 0 aliphatic rings. The standard InChI is InChI=1S/C72H49N3Si/c1-5-22-50(23-6-1)52-40-42-71-65(47-52)63-34-15-19-38-69(63)74(71)55-44-53(51-24-21-31-60(46-51)76(57-25-7-2-8-26-57,58-27-9-3-10-28-58)59-29-11-4-12-30-59)45-56(48-55)75-70-39-20-16-35-64(70)66-49-54(41-43-72(66)75)73-67-36-17-13-32-61(67)62-33-14-18-37-68(62)73/h1-49H. The van der Waals surface area contributed by atoms with Crippen LogP contribution in [0.1, 0.15) is 0 Å². The van der Waals surface area contributed by atoms with Gasteiger partial charge in [-0.25, -0.2) is 0 Å². The molecule has 0 N–H and O–H groups in total. The maximum atomic E-state index is 2.50. The van der Waals surface area contributed by atoms with Crippen molar-refractivity contribution in [3.8, 4) is 39.3 Å². The number of para-hydroxylation sites is 4.